The predicted octanol–water partition coefficient (Wildman–Crippen LogP) is 3.82. The van der Waals surface area contributed by atoms with E-state index in [4.69, 9.17) is 0 Å². The van der Waals surface area contributed by atoms with Gasteiger partial charge in [0.25, 0.3) is 0 Å². The third-order valence-electron chi connectivity index (χ3n) is 4.73. The number of thioether (sulfide) groups is 1. The SMILES string of the molecule is CCCCNC(=O)C1(NC(=O)CSc2ccc(C)cc2)CCCCC1. The van der Waals surface area contributed by atoms with Gasteiger partial charge in [-0.2, -0.15) is 0 Å². The van der Waals surface area contributed by atoms with Crippen LogP contribution in [0.3, 0.4) is 0 Å². The van der Waals surface area contributed by atoms with Crippen molar-refractivity contribution in [2.75, 3.05) is 12.3 Å². The smallest absolute Gasteiger partial charge is 0.245 e. The highest BCUT2D eigenvalue weighted by molar-refractivity contribution is 8.00. The second-order valence-corrected chi connectivity index (χ2v) is 7.95. The van der Waals surface area contributed by atoms with Gasteiger partial charge in [0.2, 0.25) is 11.8 Å². The molecule has 1 aromatic rings. The minimum atomic E-state index is -0.711. The minimum absolute atomic E-state index is 0.00524. The number of hydrogen-bond acceptors (Lipinski definition) is 3. The second-order valence-electron chi connectivity index (χ2n) is 6.90. The van der Waals surface area contributed by atoms with E-state index >= 15 is 0 Å². The van der Waals surface area contributed by atoms with Crippen LogP contribution in [0.5, 0.6) is 0 Å². The molecule has 1 aromatic carbocycles. The summed E-state index contributed by atoms with van der Waals surface area (Å²) in [5.74, 6) is 0.278. The van der Waals surface area contributed by atoms with Crippen LogP contribution in [0.1, 0.15) is 57.4 Å². The Morgan fingerprint density at radius 2 is 1.80 bits per heavy atom. The first kappa shape index (κ1) is 19.8. The molecule has 138 valence electrons. The lowest BCUT2D eigenvalue weighted by Gasteiger charge is -2.36. The van der Waals surface area contributed by atoms with Gasteiger partial charge in [0, 0.05) is 11.4 Å². The highest BCUT2D eigenvalue weighted by Gasteiger charge is 2.40. The van der Waals surface area contributed by atoms with Gasteiger partial charge in [-0.1, -0.05) is 50.3 Å². The highest BCUT2D eigenvalue weighted by Crippen LogP contribution is 2.29. The van der Waals surface area contributed by atoms with Crippen LogP contribution < -0.4 is 10.6 Å². The number of carbonyl (C=O) groups excluding carboxylic acids is 2. The van der Waals surface area contributed by atoms with Crippen molar-refractivity contribution in [3.63, 3.8) is 0 Å². The van der Waals surface area contributed by atoms with Crippen molar-refractivity contribution < 1.29 is 9.59 Å². The molecule has 0 aromatic heterocycles. The van der Waals surface area contributed by atoms with Crippen LogP contribution in [-0.4, -0.2) is 29.7 Å². The lowest BCUT2D eigenvalue weighted by atomic mass is 9.80. The fourth-order valence-corrected chi connectivity index (χ4v) is 3.90. The molecule has 2 N–H and O–H groups in total. The highest BCUT2D eigenvalue weighted by atomic mass is 32.2. The number of unbranched alkanes of at least 4 members (excludes halogenated alkanes) is 1. The van der Waals surface area contributed by atoms with Crippen molar-refractivity contribution in [3.05, 3.63) is 29.8 Å². The van der Waals surface area contributed by atoms with Gasteiger partial charge < -0.3 is 10.6 Å². The molecule has 0 heterocycles. The molecule has 4 nitrogen and oxygen atoms in total. The maximum atomic E-state index is 12.7. The standard InChI is InChI=1S/C20H30N2O2S/c1-3-4-14-21-19(24)20(12-6-5-7-13-20)22-18(23)15-25-17-10-8-16(2)9-11-17/h8-11H,3-7,12-15H2,1-2H3,(H,21,24)(H,22,23). The fourth-order valence-electron chi connectivity index (χ4n) is 3.20. The van der Waals surface area contributed by atoms with Crippen molar-refractivity contribution in [2.45, 2.75) is 69.2 Å². The summed E-state index contributed by atoms with van der Waals surface area (Å²) in [4.78, 5) is 26.3. The molecule has 0 atom stereocenters. The van der Waals surface area contributed by atoms with E-state index in [9.17, 15) is 9.59 Å². The average Bonchev–Trinajstić information content (AvgIpc) is 2.62. The molecule has 0 radical (unpaired) electrons. The molecule has 2 amide bonds. The van der Waals surface area contributed by atoms with Crippen LogP contribution in [0.15, 0.2) is 29.2 Å². The Morgan fingerprint density at radius 3 is 2.44 bits per heavy atom. The number of aryl methyl sites for hydroxylation is 1. The summed E-state index contributed by atoms with van der Waals surface area (Å²) in [5, 5.41) is 6.09. The molecule has 1 saturated carbocycles. The predicted molar refractivity (Wildman–Crippen MR) is 104 cm³/mol. The summed E-state index contributed by atoms with van der Waals surface area (Å²) < 4.78 is 0. The number of benzene rings is 1. The molecule has 0 bridgehead atoms. The zero-order chi connectivity index (χ0) is 18.1. The van der Waals surface area contributed by atoms with Gasteiger partial charge in [0.15, 0.2) is 0 Å². The molecule has 1 aliphatic rings. The first-order chi connectivity index (χ1) is 12.1. The second kappa shape index (κ2) is 9.85. The first-order valence-corrected chi connectivity index (χ1v) is 10.3. The van der Waals surface area contributed by atoms with E-state index < -0.39 is 5.54 Å². The van der Waals surface area contributed by atoms with Gasteiger partial charge in [0.1, 0.15) is 5.54 Å². The number of amides is 2. The molecule has 1 fully saturated rings. The Labute approximate surface area is 155 Å². The van der Waals surface area contributed by atoms with Crippen LogP contribution in [-0.2, 0) is 9.59 Å². The van der Waals surface area contributed by atoms with Crippen LogP contribution in [0.4, 0.5) is 0 Å². The van der Waals surface area contributed by atoms with Crippen molar-refractivity contribution in [2.24, 2.45) is 0 Å². The zero-order valence-corrected chi connectivity index (χ0v) is 16.2. The summed E-state index contributed by atoms with van der Waals surface area (Å²) >= 11 is 1.51. The lowest BCUT2D eigenvalue weighted by molar-refractivity contribution is -0.134. The van der Waals surface area contributed by atoms with E-state index in [2.05, 4.69) is 17.6 Å². The van der Waals surface area contributed by atoms with Crippen LogP contribution in [0.2, 0.25) is 0 Å². The third-order valence-corrected chi connectivity index (χ3v) is 5.74. The molecular formula is C20H30N2O2S. The van der Waals surface area contributed by atoms with Crippen molar-refractivity contribution in [3.8, 4) is 0 Å². The van der Waals surface area contributed by atoms with Crippen LogP contribution in [0.25, 0.3) is 0 Å². The number of rotatable bonds is 8. The van der Waals surface area contributed by atoms with Crippen molar-refractivity contribution in [1.29, 1.82) is 0 Å². The number of hydrogen-bond donors (Lipinski definition) is 2. The Bertz CT molecular complexity index is 566. The summed E-state index contributed by atoms with van der Waals surface area (Å²) in [6.45, 7) is 4.84. The van der Waals surface area contributed by atoms with E-state index in [1.165, 1.54) is 17.3 Å². The van der Waals surface area contributed by atoms with Crippen molar-refractivity contribution >= 4 is 23.6 Å². The monoisotopic (exact) mass is 362 g/mol. The quantitative estimate of drug-likeness (QED) is 0.546. The van der Waals surface area contributed by atoms with Crippen molar-refractivity contribution in [1.82, 2.24) is 10.6 Å². The molecule has 5 heteroatoms. The third kappa shape index (κ3) is 6.07. The Hall–Kier alpha value is -1.49. The van der Waals surface area contributed by atoms with E-state index in [0.717, 1.165) is 49.8 Å². The van der Waals surface area contributed by atoms with E-state index in [-0.39, 0.29) is 11.8 Å². The molecule has 2 rings (SSSR count). The zero-order valence-electron chi connectivity index (χ0n) is 15.4. The topological polar surface area (TPSA) is 58.2 Å². The van der Waals surface area contributed by atoms with Crippen LogP contribution >= 0.6 is 11.8 Å². The Kier molecular flexibility index (Phi) is 7.82. The molecule has 0 aliphatic heterocycles. The van der Waals surface area contributed by atoms with E-state index in [1.54, 1.807) is 0 Å². The Morgan fingerprint density at radius 1 is 1.12 bits per heavy atom. The van der Waals surface area contributed by atoms with Gasteiger partial charge in [-0.3, -0.25) is 9.59 Å². The lowest BCUT2D eigenvalue weighted by Crippen LogP contribution is -2.60. The summed E-state index contributed by atoms with van der Waals surface area (Å²) in [7, 11) is 0. The molecule has 0 saturated heterocycles. The van der Waals surface area contributed by atoms with Crippen LogP contribution in [0, 0.1) is 6.92 Å². The molecule has 25 heavy (non-hydrogen) atoms. The van der Waals surface area contributed by atoms with E-state index in [1.807, 2.05) is 31.2 Å². The summed E-state index contributed by atoms with van der Waals surface area (Å²) in [6, 6.07) is 8.15. The van der Waals surface area contributed by atoms with Gasteiger partial charge in [-0.05, 0) is 38.3 Å². The summed E-state index contributed by atoms with van der Waals surface area (Å²) in [5.41, 5.74) is 0.496. The molecule has 0 spiro atoms. The molecule has 1 aliphatic carbocycles. The maximum absolute atomic E-state index is 12.7. The van der Waals surface area contributed by atoms with Gasteiger partial charge >= 0.3 is 0 Å². The normalized spacial score (nSPS) is 16.2. The van der Waals surface area contributed by atoms with Gasteiger partial charge in [-0.25, -0.2) is 0 Å². The number of nitrogens with one attached hydrogen (secondary N) is 2. The fraction of sp³-hybridized carbons (Fsp3) is 0.600. The maximum Gasteiger partial charge on any atom is 0.245 e. The Balaban J connectivity index is 1.92. The summed E-state index contributed by atoms with van der Waals surface area (Å²) in [6.07, 6.45) is 6.63. The number of carbonyl (C=O) groups is 2. The van der Waals surface area contributed by atoms with E-state index in [0.29, 0.717) is 12.3 Å². The first-order valence-electron chi connectivity index (χ1n) is 9.34. The molecular weight excluding hydrogens is 332 g/mol. The minimum Gasteiger partial charge on any atom is -0.354 e. The average molecular weight is 363 g/mol. The molecule has 0 unspecified atom stereocenters. The van der Waals surface area contributed by atoms with Gasteiger partial charge in [0.05, 0.1) is 5.75 Å². The largest absolute Gasteiger partial charge is 0.354 e. The van der Waals surface area contributed by atoms with Gasteiger partial charge in [-0.15, -0.1) is 11.8 Å².